The Morgan fingerprint density at radius 3 is 2.23 bits per heavy atom. The van der Waals surface area contributed by atoms with Crippen LogP contribution in [0.5, 0.6) is 11.5 Å². The highest BCUT2D eigenvalue weighted by Gasteiger charge is 2.30. The van der Waals surface area contributed by atoms with Crippen LogP contribution in [0.4, 0.5) is 13.2 Å². The van der Waals surface area contributed by atoms with Gasteiger partial charge in [0.15, 0.2) is 5.78 Å². The highest BCUT2D eigenvalue weighted by molar-refractivity contribution is 6.09. The molecule has 0 heterocycles. The predicted octanol–water partition coefficient (Wildman–Crippen LogP) is 6.83. The smallest absolute Gasteiger partial charge is 0.489 e. The van der Waals surface area contributed by atoms with Gasteiger partial charge in [0.05, 0.1) is 0 Å². The first-order valence-electron chi connectivity index (χ1n) is 9.85. The normalized spacial score (nSPS) is 11.5. The summed E-state index contributed by atoms with van der Waals surface area (Å²) in [5, 5.41) is 0. The minimum atomic E-state index is -4.73. The van der Waals surface area contributed by atoms with E-state index in [1.165, 1.54) is 24.3 Å². The van der Waals surface area contributed by atoms with Gasteiger partial charge in [-0.25, -0.2) is 0 Å². The molecule has 0 aliphatic heterocycles. The molecule has 3 rings (SSSR count). The summed E-state index contributed by atoms with van der Waals surface area (Å²) in [7, 11) is 0. The number of hydrogen-bond donors (Lipinski definition) is 0. The van der Waals surface area contributed by atoms with Crippen molar-refractivity contribution in [3.05, 3.63) is 94.5 Å². The molecule has 0 N–H and O–H groups in total. The molecule has 0 aliphatic rings. The third-order valence-electron chi connectivity index (χ3n) is 4.73. The van der Waals surface area contributed by atoms with Crippen LogP contribution in [0.3, 0.4) is 0 Å². The Morgan fingerprint density at radius 1 is 0.935 bits per heavy atom. The van der Waals surface area contributed by atoms with Crippen LogP contribution in [0, 0.1) is 6.92 Å². The SMILES string of the molecule is Cc1cccc(C(=O)c2ccc(C(C)C)c(OCc3ccc(OC(F)(F)F)cc3)c2)c1. The molecule has 162 valence electrons. The first kappa shape index (κ1) is 22.4. The quantitative estimate of drug-likeness (QED) is 0.387. The number of rotatable bonds is 7. The molecular weight excluding hydrogens is 405 g/mol. The maximum atomic E-state index is 12.9. The maximum Gasteiger partial charge on any atom is 0.573 e. The van der Waals surface area contributed by atoms with E-state index in [0.717, 1.165) is 11.1 Å². The van der Waals surface area contributed by atoms with Crippen molar-refractivity contribution >= 4 is 5.78 Å². The van der Waals surface area contributed by atoms with Crippen LogP contribution in [0.25, 0.3) is 0 Å². The average Bonchev–Trinajstić information content (AvgIpc) is 2.71. The Bertz CT molecular complexity index is 1050. The number of ketones is 1. The van der Waals surface area contributed by atoms with Gasteiger partial charge in [0.1, 0.15) is 18.1 Å². The first-order chi connectivity index (χ1) is 14.6. The van der Waals surface area contributed by atoms with Crippen molar-refractivity contribution in [1.29, 1.82) is 0 Å². The zero-order valence-electron chi connectivity index (χ0n) is 17.5. The van der Waals surface area contributed by atoms with E-state index < -0.39 is 6.36 Å². The molecule has 0 spiro atoms. The molecule has 0 aromatic heterocycles. The lowest BCUT2D eigenvalue weighted by Crippen LogP contribution is -2.17. The van der Waals surface area contributed by atoms with Crippen molar-refractivity contribution in [3.63, 3.8) is 0 Å². The van der Waals surface area contributed by atoms with Crippen LogP contribution < -0.4 is 9.47 Å². The molecule has 0 radical (unpaired) electrons. The van der Waals surface area contributed by atoms with Gasteiger partial charge in [-0.15, -0.1) is 13.2 Å². The molecule has 0 amide bonds. The third kappa shape index (κ3) is 6.10. The Kier molecular flexibility index (Phi) is 6.68. The van der Waals surface area contributed by atoms with Gasteiger partial charge in [-0.2, -0.15) is 0 Å². The molecule has 0 fully saturated rings. The number of aryl methyl sites for hydroxylation is 1. The van der Waals surface area contributed by atoms with Gasteiger partial charge in [0.2, 0.25) is 0 Å². The fourth-order valence-electron chi connectivity index (χ4n) is 3.18. The lowest BCUT2D eigenvalue weighted by atomic mass is 9.96. The molecule has 31 heavy (non-hydrogen) atoms. The van der Waals surface area contributed by atoms with Crippen molar-refractivity contribution in [2.45, 2.75) is 39.7 Å². The Morgan fingerprint density at radius 2 is 1.61 bits per heavy atom. The third-order valence-corrected chi connectivity index (χ3v) is 4.73. The molecule has 3 nitrogen and oxygen atoms in total. The highest BCUT2D eigenvalue weighted by Crippen LogP contribution is 2.30. The van der Waals surface area contributed by atoms with Crippen molar-refractivity contribution in [1.82, 2.24) is 0 Å². The predicted molar refractivity (Wildman–Crippen MR) is 113 cm³/mol. The van der Waals surface area contributed by atoms with Crippen molar-refractivity contribution in [3.8, 4) is 11.5 Å². The van der Waals surface area contributed by atoms with E-state index in [2.05, 4.69) is 4.74 Å². The number of halogens is 3. The van der Waals surface area contributed by atoms with Gasteiger partial charge >= 0.3 is 6.36 Å². The molecule has 0 bridgehead atoms. The summed E-state index contributed by atoms with van der Waals surface area (Å²) in [6, 6.07) is 18.3. The topological polar surface area (TPSA) is 35.5 Å². The number of hydrogen-bond acceptors (Lipinski definition) is 3. The summed E-state index contributed by atoms with van der Waals surface area (Å²) in [6.07, 6.45) is -4.73. The van der Waals surface area contributed by atoms with Gasteiger partial charge in [0.25, 0.3) is 0 Å². The summed E-state index contributed by atoms with van der Waals surface area (Å²) in [5.74, 6) is 0.354. The van der Waals surface area contributed by atoms with Gasteiger partial charge in [0, 0.05) is 11.1 Å². The van der Waals surface area contributed by atoms with E-state index in [9.17, 15) is 18.0 Å². The monoisotopic (exact) mass is 428 g/mol. The largest absolute Gasteiger partial charge is 0.573 e. The van der Waals surface area contributed by atoms with Crippen LogP contribution in [0.15, 0.2) is 66.7 Å². The fraction of sp³-hybridized carbons (Fsp3) is 0.240. The number of benzene rings is 3. The maximum absolute atomic E-state index is 12.9. The Balaban J connectivity index is 1.79. The summed E-state index contributed by atoms with van der Waals surface area (Å²) < 4.78 is 46.8. The summed E-state index contributed by atoms with van der Waals surface area (Å²) in [5.41, 5.74) is 3.74. The summed E-state index contributed by atoms with van der Waals surface area (Å²) >= 11 is 0. The van der Waals surface area contributed by atoms with E-state index in [0.29, 0.717) is 22.4 Å². The molecule has 3 aromatic carbocycles. The zero-order valence-corrected chi connectivity index (χ0v) is 17.5. The standard InChI is InChI=1S/C25H23F3O3/c1-16(2)22-12-9-20(24(29)19-6-4-5-17(3)13-19)14-23(22)30-15-18-7-10-21(11-8-18)31-25(26,27)28/h4-14,16H,15H2,1-3H3. The van der Waals surface area contributed by atoms with Crippen molar-refractivity contribution < 1.29 is 27.4 Å². The van der Waals surface area contributed by atoms with Crippen LogP contribution >= 0.6 is 0 Å². The van der Waals surface area contributed by atoms with Crippen LogP contribution in [0.1, 0.15) is 52.4 Å². The number of carbonyl (C=O) groups excluding carboxylic acids is 1. The number of ether oxygens (including phenoxy) is 2. The summed E-state index contributed by atoms with van der Waals surface area (Å²) in [6.45, 7) is 6.12. The molecule has 3 aromatic rings. The zero-order chi connectivity index (χ0) is 22.6. The first-order valence-corrected chi connectivity index (χ1v) is 9.85. The lowest BCUT2D eigenvalue weighted by molar-refractivity contribution is -0.274. The molecule has 0 unspecified atom stereocenters. The number of alkyl halides is 3. The van der Waals surface area contributed by atoms with Gasteiger partial charge in [-0.05, 0) is 48.2 Å². The average molecular weight is 428 g/mol. The lowest BCUT2D eigenvalue weighted by Gasteiger charge is -2.16. The van der Waals surface area contributed by atoms with Crippen molar-refractivity contribution in [2.24, 2.45) is 0 Å². The van der Waals surface area contributed by atoms with Gasteiger partial charge < -0.3 is 9.47 Å². The van der Waals surface area contributed by atoms with Crippen LogP contribution in [0.2, 0.25) is 0 Å². The molecule has 6 heteroatoms. The van der Waals surface area contributed by atoms with Crippen molar-refractivity contribution in [2.75, 3.05) is 0 Å². The van der Waals surface area contributed by atoms with Crippen LogP contribution in [-0.4, -0.2) is 12.1 Å². The Labute approximate surface area is 179 Å². The van der Waals surface area contributed by atoms with Gasteiger partial charge in [-0.3, -0.25) is 4.79 Å². The van der Waals surface area contributed by atoms with E-state index in [1.807, 2.05) is 45.0 Å². The van der Waals surface area contributed by atoms with Crippen LogP contribution in [-0.2, 0) is 6.61 Å². The van der Waals surface area contributed by atoms with E-state index in [-0.39, 0.29) is 24.1 Å². The van der Waals surface area contributed by atoms with E-state index in [1.54, 1.807) is 18.2 Å². The molecule has 0 saturated heterocycles. The number of carbonyl (C=O) groups is 1. The summed E-state index contributed by atoms with van der Waals surface area (Å²) in [4.78, 5) is 12.9. The molecule has 0 saturated carbocycles. The molecule has 0 aliphatic carbocycles. The van der Waals surface area contributed by atoms with E-state index in [4.69, 9.17) is 4.74 Å². The minimum absolute atomic E-state index is 0.0995. The fourth-order valence-corrected chi connectivity index (χ4v) is 3.18. The minimum Gasteiger partial charge on any atom is -0.489 e. The van der Waals surface area contributed by atoms with E-state index >= 15 is 0 Å². The second kappa shape index (κ2) is 9.25. The highest BCUT2D eigenvalue weighted by atomic mass is 19.4. The molecule has 0 atom stereocenters. The molecular formula is C25H23F3O3. The van der Waals surface area contributed by atoms with Gasteiger partial charge in [-0.1, -0.05) is 61.9 Å². The second-order valence-corrected chi connectivity index (χ2v) is 7.59. The second-order valence-electron chi connectivity index (χ2n) is 7.59. The Hall–Kier alpha value is -3.28.